The molecule has 1 rings (SSSR count). The van der Waals surface area contributed by atoms with E-state index in [1.54, 1.807) is 0 Å². The molecule has 1 aliphatic rings. The molecule has 0 aromatic carbocycles. The Hall–Kier alpha value is -0.640. The minimum Gasteiger partial charge on any atom is -0.352 e. The van der Waals surface area contributed by atoms with Crippen molar-refractivity contribution in [3.8, 4) is 0 Å². The Morgan fingerprint density at radius 1 is 0.750 bits per heavy atom. The van der Waals surface area contributed by atoms with E-state index in [2.05, 4.69) is 50.2 Å². The fourth-order valence-corrected chi connectivity index (χ4v) is 3.67. The van der Waals surface area contributed by atoms with Crippen LogP contribution in [0.4, 0.5) is 0 Å². The first-order valence-electron chi connectivity index (χ1n) is 11.9. The summed E-state index contributed by atoms with van der Waals surface area (Å²) < 4.78 is 11.7. The van der Waals surface area contributed by atoms with Crippen LogP contribution in [-0.4, -0.2) is 45.0 Å². The molecule has 0 aromatic rings. The van der Waals surface area contributed by atoms with Crippen LogP contribution in [0.25, 0.3) is 0 Å². The summed E-state index contributed by atoms with van der Waals surface area (Å²) in [6.07, 6.45) is 26.0. The Morgan fingerprint density at radius 2 is 1.32 bits per heavy atom. The summed E-state index contributed by atoms with van der Waals surface area (Å²) in [5, 5.41) is 0. The zero-order valence-electron chi connectivity index (χ0n) is 19.0. The summed E-state index contributed by atoms with van der Waals surface area (Å²) in [6.45, 7) is 5.02. The Kier molecular flexibility index (Phi) is 16.7. The van der Waals surface area contributed by atoms with Crippen LogP contribution in [0.15, 0.2) is 24.3 Å². The van der Waals surface area contributed by atoms with Gasteiger partial charge in [-0.2, -0.15) is 0 Å². The maximum absolute atomic E-state index is 5.85. The lowest BCUT2D eigenvalue weighted by molar-refractivity contribution is -0.204. The Morgan fingerprint density at radius 3 is 1.93 bits per heavy atom. The van der Waals surface area contributed by atoms with Gasteiger partial charge in [-0.3, -0.25) is 0 Å². The minimum atomic E-state index is 0.0456. The average Bonchev–Trinajstić information content (AvgIpc) is 2.68. The van der Waals surface area contributed by atoms with Crippen molar-refractivity contribution in [2.75, 3.05) is 33.9 Å². The van der Waals surface area contributed by atoms with Crippen LogP contribution in [0, 0.1) is 5.92 Å². The predicted octanol–water partition coefficient (Wildman–Crippen LogP) is 6.74. The summed E-state index contributed by atoms with van der Waals surface area (Å²) in [6, 6.07) is 0. The summed E-state index contributed by atoms with van der Waals surface area (Å²) >= 11 is 0. The summed E-state index contributed by atoms with van der Waals surface area (Å²) in [7, 11) is 4.21. The van der Waals surface area contributed by atoms with Crippen molar-refractivity contribution >= 4 is 0 Å². The maximum Gasteiger partial charge on any atom is 0.157 e. The van der Waals surface area contributed by atoms with E-state index in [4.69, 9.17) is 9.47 Å². The number of allylic oxidation sites excluding steroid dienone is 4. The van der Waals surface area contributed by atoms with Gasteiger partial charge in [0.1, 0.15) is 0 Å². The van der Waals surface area contributed by atoms with E-state index >= 15 is 0 Å². The van der Waals surface area contributed by atoms with Crippen LogP contribution in [0.5, 0.6) is 0 Å². The standard InChI is InChI=1S/C25H47NO2/c1-4-5-6-7-8-9-10-11-12-13-14-15-16-17-18-19-20-25-27-22-24(23-28-25)21-26(2)3/h8-9,11-12,24-25H,4-7,10,13-23H2,1-3H3/b9-8-,12-11-. The number of rotatable bonds is 17. The Labute approximate surface area is 175 Å². The molecule has 0 saturated carbocycles. The zero-order valence-corrected chi connectivity index (χ0v) is 19.0. The van der Waals surface area contributed by atoms with Gasteiger partial charge in [-0.25, -0.2) is 0 Å². The highest BCUT2D eigenvalue weighted by Gasteiger charge is 2.22. The fraction of sp³-hybridized carbons (Fsp3) is 0.840. The lowest BCUT2D eigenvalue weighted by Gasteiger charge is -2.30. The van der Waals surface area contributed by atoms with Crippen LogP contribution >= 0.6 is 0 Å². The highest BCUT2D eigenvalue weighted by molar-refractivity contribution is 4.92. The third-order valence-electron chi connectivity index (χ3n) is 5.30. The molecule has 28 heavy (non-hydrogen) atoms. The molecule has 1 aliphatic heterocycles. The highest BCUT2D eigenvalue weighted by atomic mass is 16.7. The molecule has 3 heteroatoms. The number of unbranched alkanes of at least 4 members (excludes halogenated alkanes) is 9. The molecule has 1 saturated heterocycles. The lowest BCUT2D eigenvalue weighted by atomic mass is 10.1. The second-order valence-electron chi connectivity index (χ2n) is 8.60. The quantitative estimate of drug-likeness (QED) is 0.202. The van der Waals surface area contributed by atoms with Crippen molar-refractivity contribution in [2.45, 2.75) is 96.7 Å². The average molecular weight is 394 g/mol. The first-order valence-corrected chi connectivity index (χ1v) is 11.9. The van der Waals surface area contributed by atoms with Gasteiger partial charge in [0.15, 0.2) is 6.29 Å². The van der Waals surface area contributed by atoms with E-state index in [-0.39, 0.29) is 6.29 Å². The Bertz CT molecular complexity index is 384. The van der Waals surface area contributed by atoms with Crippen molar-refractivity contribution in [3.05, 3.63) is 24.3 Å². The van der Waals surface area contributed by atoms with Crippen LogP contribution in [-0.2, 0) is 9.47 Å². The van der Waals surface area contributed by atoms with Gasteiger partial charge < -0.3 is 14.4 Å². The largest absolute Gasteiger partial charge is 0.352 e. The van der Waals surface area contributed by atoms with E-state index in [0.29, 0.717) is 5.92 Å². The van der Waals surface area contributed by atoms with E-state index in [0.717, 1.165) is 32.6 Å². The van der Waals surface area contributed by atoms with E-state index in [1.807, 2.05) is 0 Å². The monoisotopic (exact) mass is 393 g/mol. The van der Waals surface area contributed by atoms with Crippen molar-refractivity contribution in [1.82, 2.24) is 4.90 Å². The molecule has 164 valence electrons. The van der Waals surface area contributed by atoms with Crippen LogP contribution < -0.4 is 0 Å². The van der Waals surface area contributed by atoms with Gasteiger partial charge in [-0.05, 0) is 59.0 Å². The predicted molar refractivity (Wildman–Crippen MR) is 122 cm³/mol. The van der Waals surface area contributed by atoms with Crippen molar-refractivity contribution in [2.24, 2.45) is 5.92 Å². The van der Waals surface area contributed by atoms with E-state index in [1.165, 1.54) is 70.6 Å². The molecule has 0 radical (unpaired) electrons. The lowest BCUT2D eigenvalue weighted by Crippen LogP contribution is -2.37. The van der Waals surface area contributed by atoms with Crippen LogP contribution in [0.2, 0.25) is 0 Å². The smallest absolute Gasteiger partial charge is 0.157 e. The minimum absolute atomic E-state index is 0.0456. The van der Waals surface area contributed by atoms with Crippen molar-refractivity contribution in [3.63, 3.8) is 0 Å². The molecular weight excluding hydrogens is 346 g/mol. The molecule has 0 unspecified atom stereocenters. The van der Waals surface area contributed by atoms with Gasteiger partial charge >= 0.3 is 0 Å². The summed E-state index contributed by atoms with van der Waals surface area (Å²) in [4.78, 5) is 2.21. The van der Waals surface area contributed by atoms with Crippen molar-refractivity contribution in [1.29, 1.82) is 0 Å². The van der Waals surface area contributed by atoms with Gasteiger partial charge in [0.2, 0.25) is 0 Å². The number of hydrogen-bond donors (Lipinski definition) is 0. The zero-order chi connectivity index (χ0) is 20.3. The first-order chi connectivity index (χ1) is 13.7. The summed E-state index contributed by atoms with van der Waals surface area (Å²) in [5.41, 5.74) is 0. The topological polar surface area (TPSA) is 21.7 Å². The third-order valence-corrected chi connectivity index (χ3v) is 5.30. The third kappa shape index (κ3) is 15.3. The molecular formula is C25H47NO2. The van der Waals surface area contributed by atoms with E-state index < -0.39 is 0 Å². The van der Waals surface area contributed by atoms with Gasteiger partial charge in [0.25, 0.3) is 0 Å². The number of hydrogen-bond acceptors (Lipinski definition) is 3. The molecule has 1 heterocycles. The van der Waals surface area contributed by atoms with Crippen molar-refractivity contribution < 1.29 is 9.47 Å². The first kappa shape index (κ1) is 25.4. The Balaban J connectivity index is 1.81. The summed E-state index contributed by atoms with van der Waals surface area (Å²) in [5.74, 6) is 0.530. The number of ether oxygens (including phenoxy) is 2. The number of nitrogens with zero attached hydrogens (tertiary/aromatic N) is 1. The van der Waals surface area contributed by atoms with Crippen LogP contribution in [0.1, 0.15) is 90.4 Å². The van der Waals surface area contributed by atoms with Gasteiger partial charge in [0.05, 0.1) is 13.2 Å². The maximum atomic E-state index is 5.85. The van der Waals surface area contributed by atoms with Gasteiger partial charge in [-0.15, -0.1) is 0 Å². The molecule has 0 amide bonds. The molecule has 0 bridgehead atoms. The fourth-order valence-electron chi connectivity index (χ4n) is 3.67. The van der Waals surface area contributed by atoms with E-state index in [9.17, 15) is 0 Å². The molecule has 1 fully saturated rings. The molecule has 0 atom stereocenters. The molecule has 0 aromatic heterocycles. The second-order valence-corrected chi connectivity index (χ2v) is 8.60. The molecule has 3 nitrogen and oxygen atoms in total. The SMILES string of the molecule is CCCCC/C=C\C/C=C\CCCCCCCCC1OCC(CN(C)C)CO1. The molecule has 0 spiro atoms. The highest BCUT2D eigenvalue weighted by Crippen LogP contribution is 2.17. The molecule has 0 N–H and O–H groups in total. The van der Waals surface area contributed by atoms with Gasteiger partial charge in [-0.1, -0.05) is 69.8 Å². The molecule has 0 aliphatic carbocycles. The second kappa shape index (κ2) is 18.4. The van der Waals surface area contributed by atoms with Crippen LogP contribution in [0.3, 0.4) is 0 Å². The normalized spacial score (nSPS) is 20.7. The van der Waals surface area contributed by atoms with Gasteiger partial charge in [0, 0.05) is 12.5 Å².